The first-order chi connectivity index (χ1) is 16.7. The van der Waals surface area contributed by atoms with Gasteiger partial charge in [0.2, 0.25) is 5.91 Å². The molecule has 2 aromatic rings. The van der Waals surface area contributed by atoms with Crippen LogP contribution in [0.15, 0.2) is 24.4 Å². The van der Waals surface area contributed by atoms with Crippen molar-refractivity contribution in [1.82, 2.24) is 9.88 Å². The van der Waals surface area contributed by atoms with Gasteiger partial charge in [-0.15, -0.1) is 0 Å². The third-order valence-electron chi connectivity index (χ3n) is 7.59. The van der Waals surface area contributed by atoms with Crippen molar-refractivity contribution in [1.29, 1.82) is 0 Å². The van der Waals surface area contributed by atoms with Gasteiger partial charge in [0.25, 0.3) is 0 Å². The average Bonchev–Trinajstić information content (AvgIpc) is 3.61. The molecule has 1 aromatic heterocycles. The van der Waals surface area contributed by atoms with Crippen LogP contribution in [-0.2, 0) is 27.2 Å². The number of carbonyl (C=O) groups is 3. The molecule has 1 aliphatic carbocycles. The Labute approximate surface area is 209 Å². The number of nitrogens with two attached hydrogens (primary N) is 1. The highest BCUT2D eigenvalue weighted by atomic mass is 35.5. The number of carbonyl (C=O) groups excluding carboxylic acids is 3. The van der Waals surface area contributed by atoms with Gasteiger partial charge >= 0.3 is 11.8 Å². The molecule has 3 amide bonds. The van der Waals surface area contributed by atoms with Gasteiger partial charge in [-0.05, 0) is 73.3 Å². The van der Waals surface area contributed by atoms with E-state index in [4.69, 9.17) is 17.3 Å². The predicted octanol–water partition coefficient (Wildman–Crippen LogP) is 4.09. The normalized spacial score (nSPS) is 22.4. The van der Waals surface area contributed by atoms with Crippen LogP contribution < -0.4 is 16.4 Å². The van der Waals surface area contributed by atoms with Crippen molar-refractivity contribution in [3.05, 3.63) is 46.1 Å². The van der Waals surface area contributed by atoms with E-state index in [1.165, 1.54) is 6.20 Å². The lowest BCUT2D eigenvalue weighted by molar-refractivity contribution is -0.146. The molecule has 184 valence electrons. The molecule has 1 saturated heterocycles. The number of aromatic nitrogens is 1. The molecule has 0 bridgehead atoms. The third-order valence-corrected chi connectivity index (χ3v) is 7.89. The highest BCUT2D eigenvalue weighted by Crippen LogP contribution is 2.54. The first-order valence-electron chi connectivity index (χ1n) is 12.2. The Kier molecular flexibility index (Phi) is 5.95. The summed E-state index contributed by atoms with van der Waals surface area (Å²) in [5, 5.41) is 6.14. The summed E-state index contributed by atoms with van der Waals surface area (Å²) in [5.41, 5.74) is 9.37. The van der Waals surface area contributed by atoms with Gasteiger partial charge in [0.05, 0.1) is 34.1 Å². The minimum atomic E-state index is -0.703. The number of likely N-dealkylation sites (tertiary alicyclic amines) is 1. The number of pyridine rings is 1. The number of nitrogen functional groups attached to an aromatic ring is 1. The molecule has 1 spiro atoms. The van der Waals surface area contributed by atoms with E-state index in [0.29, 0.717) is 41.6 Å². The van der Waals surface area contributed by atoms with E-state index in [9.17, 15) is 14.4 Å². The Morgan fingerprint density at radius 2 is 2.06 bits per heavy atom. The van der Waals surface area contributed by atoms with Crippen molar-refractivity contribution in [3.8, 4) is 0 Å². The minimum absolute atomic E-state index is 0.0444. The predicted molar refractivity (Wildman–Crippen MR) is 135 cm³/mol. The van der Waals surface area contributed by atoms with Crippen molar-refractivity contribution in [2.45, 2.75) is 58.4 Å². The Hall–Kier alpha value is -3.13. The molecule has 2 fully saturated rings. The van der Waals surface area contributed by atoms with Gasteiger partial charge in [-0.2, -0.15) is 0 Å². The lowest BCUT2D eigenvalue weighted by Crippen LogP contribution is -2.46. The molecule has 1 saturated carbocycles. The van der Waals surface area contributed by atoms with Crippen molar-refractivity contribution < 1.29 is 14.4 Å². The Bertz CT molecular complexity index is 1230. The van der Waals surface area contributed by atoms with Crippen LogP contribution in [0.25, 0.3) is 0 Å². The van der Waals surface area contributed by atoms with Crippen LogP contribution in [0.2, 0.25) is 5.02 Å². The Balaban J connectivity index is 1.40. The topological polar surface area (TPSA) is 117 Å². The number of nitrogens with one attached hydrogen (secondary N) is 2. The number of aryl methyl sites for hydroxylation is 1. The maximum Gasteiger partial charge on any atom is 0.313 e. The Morgan fingerprint density at radius 1 is 1.29 bits per heavy atom. The van der Waals surface area contributed by atoms with Crippen LogP contribution in [0.4, 0.5) is 17.2 Å². The molecule has 2 atom stereocenters. The number of halogens is 1. The summed E-state index contributed by atoms with van der Waals surface area (Å²) in [6.45, 7) is 4.51. The minimum Gasteiger partial charge on any atom is -0.383 e. The molecule has 2 aliphatic heterocycles. The van der Waals surface area contributed by atoms with Crippen LogP contribution >= 0.6 is 11.6 Å². The van der Waals surface area contributed by atoms with Gasteiger partial charge in [0.1, 0.15) is 5.82 Å². The number of rotatable bonds is 3. The molecule has 35 heavy (non-hydrogen) atoms. The zero-order valence-electron chi connectivity index (χ0n) is 20.0. The van der Waals surface area contributed by atoms with E-state index < -0.39 is 11.8 Å². The fourth-order valence-corrected chi connectivity index (χ4v) is 5.61. The third kappa shape index (κ3) is 4.35. The molecule has 1 unspecified atom stereocenters. The second-order valence-corrected chi connectivity index (χ2v) is 10.6. The first-order valence-corrected chi connectivity index (χ1v) is 12.6. The maximum absolute atomic E-state index is 13.4. The number of fused-ring (bicyclic) bond motifs is 1. The van der Waals surface area contributed by atoms with Gasteiger partial charge in [-0.1, -0.05) is 31.5 Å². The number of nitrogens with zero attached hydrogens (tertiary/aromatic N) is 2. The van der Waals surface area contributed by atoms with Crippen LogP contribution in [0.3, 0.4) is 0 Å². The Morgan fingerprint density at radius 3 is 2.77 bits per heavy atom. The monoisotopic (exact) mass is 495 g/mol. The van der Waals surface area contributed by atoms with Crippen LogP contribution in [0, 0.1) is 11.3 Å². The standard InChI is InChI=1S/C26H30ClN5O3/c1-3-15-9-18(12-29-22(15)28)30-23(33)24(34)32-13-14(2)4-5-20(32)16-8-17-11-26(6-7-26)25(35)31-21(17)19(27)10-16/h8-10,12,14,20H,3-7,11,13H2,1-2H3,(H2,28,29)(H,30,33)(H,31,35)/t14-,20?/m0/s1. The smallest absolute Gasteiger partial charge is 0.313 e. The van der Waals surface area contributed by atoms with E-state index in [0.717, 1.165) is 42.4 Å². The molecule has 3 aliphatic rings. The lowest BCUT2D eigenvalue weighted by atomic mass is 9.85. The number of anilines is 3. The number of amides is 3. The lowest BCUT2D eigenvalue weighted by Gasteiger charge is -2.39. The zero-order chi connectivity index (χ0) is 24.9. The van der Waals surface area contributed by atoms with Crippen molar-refractivity contribution >= 4 is 46.5 Å². The SMILES string of the molecule is CCc1cc(NC(=O)C(=O)N2C[C@@H](C)CCC2c2cc(Cl)c3c(c2)CC2(CC2)C(=O)N3)cnc1N. The maximum atomic E-state index is 13.4. The molecule has 5 rings (SSSR count). The fourth-order valence-electron chi connectivity index (χ4n) is 5.32. The van der Waals surface area contributed by atoms with Gasteiger partial charge in [0, 0.05) is 6.54 Å². The van der Waals surface area contributed by atoms with Crippen molar-refractivity contribution in [3.63, 3.8) is 0 Å². The number of piperidine rings is 1. The molecule has 0 radical (unpaired) electrons. The van der Waals surface area contributed by atoms with Crippen molar-refractivity contribution in [2.24, 2.45) is 11.3 Å². The number of hydrogen-bond acceptors (Lipinski definition) is 5. The van der Waals surface area contributed by atoms with Crippen LogP contribution in [-0.4, -0.2) is 34.2 Å². The summed E-state index contributed by atoms with van der Waals surface area (Å²) in [4.78, 5) is 44.6. The number of benzene rings is 1. The summed E-state index contributed by atoms with van der Waals surface area (Å²) in [7, 11) is 0. The van der Waals surface area contributed by atoms with Gasteiger partial charge in [-0.3, -0.25) is 14.4 Å². The van der Waals surface area contributed by atoms with E-state index >= 15 is 0 Å². The van der Waals surface area contributed by atoms with E-state index in [-0.39, 0.29) is 23.3 Å². The van der Waals surface area contributed by atoms with E-state index in [1.807, 2.05) is 13.0 Å². The fraction of sp³-hybridized carbons (Fsp3) is 0.462. The molecular formula is C26H30ClN5O3. The quantitative estimate of drug-likeness (QED) is 0.554. The van der Waals surface area contributed by atoms with Gasteiger partial charge < -0.3 is 21.3 Å². The zero-order valence-corrected chi connectivity index (χ0v) is 20.7. The molecule has 9 heteroatoms. The van der Waals surface area contributed by atoms with Gasteiger partial charge in [-0.25, -0.2) is 4.98 Å². The molecular weight excluding hydrogens is 466 g/mol. The molecule has 3 heterocycles. The largest absolute Gasteiger partial charge is 0.383 e. The second-order valence-electron chi connectivity index (χ2n) is 10.2. The van der Waals surface area contributed by atoms with Crippen molar-refractivity contribution in [2.75, 3.05) is 22.9 Å². The van der Waals surface area contributed by atoms with Crippen LogP contribution in [0.1, 0.15) is 62.3 Å². The summed E-state index contributed by atoms with van der Waals surface area (Å²) in [5.74, 6) is -0.559. The average molecular weight is 496 g/mol. The van der Waals surface area contributed by atoms with Gasteiger partial charge in [0.15, 0.2) is 0 Å². The summed E-state index contributed by atoms with van der Waals surface area (Å²) in [6.07, 6.45) is 6.22. The van der Waals surface area contributed by atoms with E-state index in [1.54, 1.807) is 11.0 Å². The second kappa shape index (κ2) is 8.82. The first kappa shape index (κ1) is 23.6. The number of hydrogen-bond donors (Lipinski definition) is 3. The summed E-state index contributed by atoms with van der Waals surface area (Å²) < 4.78 is 0. The molecule has 8 nitrogen and oxygen atoms in total. The van der Waals surface area contributed by atoms with Crippen LogP contribution in [0.5, 0.6) is 0 Å². The summed E-state index contributed by atoms with van der Waals surface area (Å²) in [6, 6.07) is 5.35. The molecule has 4 N–H and O–H groups in total. The molecule has 1 aromatic carbocycles. The summed E-state index contributed by atoms with van der Waals surface area (Å²) >= 11 is 6.60. The highest BCUT2D eigenvalue weighted by molar-refractivity contribution is 6.39. The highest BCUT2D eigenvalue weighted by Gasteiger charge is 2.52. The van der Waals surface area contributed by atoms with E-state index in [2.05, 4.69) is 28.6 Å².